The lowest BCUT2D eigenvalue weighted by Crippen LogP contribution is -1.93. The van der Waals surface area contributed by atoms with Crippen LogP contribution in [0.2, 0.25) is 5.02 Å². The minimum absolute atomic E-state index is 0.0646. The van der Waals surface area contributed by atoms with Gasteiger partial charge in [-0.2, -0.15) is 0 Å². The van der Waals surface area contributed by atoms with Crippen LogP contribution in [0.15, 0.2) is 490 Å². The van der Waals surface area contributed by atoms with Crippen molar-refractivity contribution < 1.29 is 4.74 Å². The number of methoxy groups -OCH3 is 1. The molecule has 0 bridgehead atoms. The zero-order valence-corrected chi connectivity index (χ0v) is 74.9. The summed E-state index contributed by atoms with van der Waals surface area (Å²) in [5, 5.41) is 52.4. The first-order chi connectivity index (χ1) is 67.4. The van der Waals surface area contributed by atoms with Crippen molar-refractivity contribution in [1.82, 2.24) is 0 Å². The molecule has 0 unspecified atom stereocenters. The van der Waals surface area contributed by atoms with E-state index in [1.807, 2.05) is 394 Å². The lowest BCUT2D eigenvalue weighted by Gasteiger charge is -2.13. The van der Waals surface area contributed by atoms with Crippen molar-refractivity contribution in [3.63, 3.8) is 0 Å². The number of nitriles is 5. The smallest absolute Gasteiger partial charge is 0.270 e. The van der Waals surface area contributed by atoms with Gasteiger partial charge in [-0.25, -0.2) is 50.5 Å². The number of ether oxygens (including phenoxy) is 1. The fourth-order valence-corrected chi connectivity index (χ4v) is 15.9. The van der Waals surface area contributed by atoms with Gasteiger partial charge in [0.05, 0.1) is 70.3 Å². The van der Waals surface area contributed by atoms with Crippen molar-refractivity contribution in [1.29, 1.82) is 26.3 Å². The predicted octanol–water partition coefficient (Wildman–Crippen LogP) is 32.4. The highest BCUT2D eigenvalue weighted by Gasteiger charge is 2.21. The molecule has 137 heavy (non-hydrogen) atoms. The summed E-state index contributed by atoms with van der Waals surface area (Å²) in [5.74, 6) is 0.730. The van der Waals surface area contributed by atoms with Crippen molar-refractivity contribution in [2.24, 2.45) is 0 Å². The molecular weight excluding hydrogens is 1690 g/mol. The standard InChI is InChI=1S/C28H18N2.2C26H16N2.C23H16N2O.C22H13ClN2/c1-30-27(20-29)28(25-16-12-23(13-17-25)21-8-4-2-5-9-21)26-18-14-24(15-19-26)22-10-6-3-7-11-22;1-28-25(18-27)26(24-13-7-11-21-10-5-6-12-23(21)24)22-16-14-20(15-17-22)19-8-3-2-4-9-19;1-28-25(18-27)26(24-16-13-20-9-5-6-10-23(20)17-24)22-14-11-21(12-15-22)19-7-3-2-4-8-19;1-25-22(16-24)23(20-12-14-21(26-2)15-13-20)19-10-8-18(9-11-19)17-6-4-3-5-7-17;1-25-21(15-24)22(19-11-13-20(23)14-12-19)18-9-7-17(8-10-18)16-5-3-2-4-6-16/h2-19H;2*2-17H;3-15H,2H3;2-14H/b;2*26-25-;23-22-;22-21-. The Hall–Kier alpha value is -19.8. The van der Waals surface area contributed by atoms with Gasteiger partial charge < -0.3 is 4.74 Å². The lowest BCUT2D eigenvalue weighted by molar-refractivity contribution is 0.415. The molecule has 0 aromatic heterocycles. The van der Waals surface area contributed by atoms with Crippen LogP contribution in [0.5, 0.6) is 5.75 Å². The summed E-state index contributed by atoms with van der Waals surface area (Å²) in [6.07, 6.45) is 0. The summed E-state index contributed by atoms with van der Waals surface area (Å²) < 4.78 is 5.19. The Kier molecular flexibility index (Phi) is 32.0. The average Bonchev–Trinajstić information content (AvgIpc) is 0.817. The van der Waals surface area contributed by atoms with Gasteiger partial charge in [-0.1, -0.05) is 442 Å². The minimum atomic E-state index is 0.0646. The number of rotatable bonds is 17. The van der Waals surface area contributed by atoms with E-state index in [-0.39, 0.29) is 28.5 Å². The van der Waals surface area contributed by atoms with Gasteiger partial charge in [0.2, 0.25) is 0 Å². The molecule has 18 rings (SSSR count). The van der Waals surface area contributed by atoms with Crippen LogP contribution in [0.1, 0.15) is 55.6 Å². The lowest BCUT2D eigenvalue weighted by atomic mass is 9.91. The number of hydrogen-bond donors (Lipinski definition) is 0. The molecule has 0 spiro atoms. The summed E-state index contributed by atoms with van der Waals surface area (Å²) in [6, 6.07) is 162. The van der Waals surface area contributed by atoms with E-state index in [1.165, 1.54) is 0 Å². The molecule has 642 valence electrons. The zero-order chi connectivity index (χ0) is 95.5. The van der Waals surface area contributed by atoms with Crippen LogP contribution in [0.3, 0.4) is 0 Å². The van der Waals surface area contributed by atoms with Crippen molar-refractivity contribution in [2.45, 2.75) is 0 Å². The first kappa shape index (κ1) is 93.3. The fourth-order valence-electron chi connectivity index (χ4n) is 15.8. The second kappa shape index (κ2) is 46.9. The summed E-state index contributed by atoms with van der Waals surface area (Å²) in [7, 11) is 1.61. The molecule has 18 aromatic rings. The number of nitrogens with zero attached hydrogens (tertiary/aromatic N) is 10. The Balaban J connectivity index is 0.000000137. The van der Waals surface area contributed by atoms with Crippen molar-refractivity contribution in [3.05, 3.63) is 607 Å². The number of hydrogen-bond acceptors (Lipinski definition) is 6. The number of halogens is 1. The number of allylic oxidation sites excluding steroid dienone is 5. The predicted molar refractivity (Wildman–Crippen MR) is 555 cm³/mol. The maximum Gasteiger partial charge on any atom is 0.270 e. The molecule has 0 N–H and O–H groups in total. The fraction of sp³-hybridized carbons (Fsp3) is 0.00800. The van der Waals surface area contributed by atoms with Crippen molar-refractivity contribution in [2.75, 3.05) is 7.11 Å². The molecule has 12 heteroatoms. The SMILES string of the molecule is [C-]#[N+]/C(C#N)=C(/c1ccc(-c2ccccc2)cc1)c1ccc2ccccc2c1.[C-]#[N+]/C(C#N)=C(/c1ccc(-c2ccccc2)cc1)c1cccc2ccccc12.[C-]#[N+]/C(C#N)=C(\c1ccc(Cl)cc1)c1ccc(-c2ccccc2)cc1.[C-]#[N+]/C(C#N)=C(\c1ccc(OC)cc1)c1ccc(-c2ccccc2)cc1.[C-]#[N+]C(C#N)=C(c1ccc(-c2ccccc2)cc1)c1ccc(-c2ccccc2)cc1. The van der Waals surface area contributed by atoms with Gasteiger partial charge in [-0.05, 0) is 174 Å². The Morgan fingerprint density at radius 3 is 0.701 bits per heavy atom. The quantitative estimate of drug-likeness (QED) is 0.0654. The van der Waals surface area contributed by atoms with E-state index >= 15 is 0 Å². The van der Waals surface area contributed by atoms with E-state index in [0.29, 0.717) is 32.9 Å². The summed E-state index contributed by atoms with van der Waals surface area (Å²) in [6.45, 7) is 37.2. The molecular formula is C125H79ClN10O. The van der Waals surface area contributed by atoms with Gasteiger partial charge in [-0.15, -0.1) is 0 Å². The third-order valence-electron chi connectivity index (χ3n) is 22.6. The molecule has 11 nitrogen and oxygen atoms in total. The van der Waals surface area contributed by atoms with E-state index in [2.05, 4.69) is 109 Å². The Labute approximate surface area is 803 Å². The monoisotopic (exact) mass is 1770 g/mol. The van der Waals surface area contributed by atoms with Crippen LogP contribution in [-0.2, 0) is 0 Å². The first-order valence-corrected chi connectivity index (χ1v) is 43.7. The van der Waals surface area contributed by atoms with Crippen LogP contribution in [0.25, 0.3) is 140 Å². The van der Waals surface area contributed by atoms with E-state index in [4.69, 9.17) is 49.2 Å². The van der Waals surface area contributed by atoms with Crippen LogP contribution in [0.4, 0.5) is 0 Å². The first-order valence-electron chi connectivity index (χ1n) is 43.3. The van der Waals surface area contributed by atoms with Crippen molar-refractivity contribution in [3.8, 4) is 103 Å². The topological polar surface area (TPSA) is 150 Å². The van der Waals surface area contributed by atoms with Gasteiger partial charge in [0, 0.05) is 32.9 Å². The zero-order valence-electron chi connectivity index (χ0n) is 74.1. The molecule has 0 aliphatic rings. The summed E-state index contributed by atoms with van der Waals surface area (Å²) in [4.78, 5) is 17.3. The third-order valence-corrected chi connectivity index (χ3v) is 22.8. The molecule has 0 radical (unpaired) electrons. The normalized spacial score (nSPS) is 10.9. The van der Waals surface area contributed by atoms with E-state index < -0.39 is 0 Å². The van der Waals surface area contributed by atoms with Gasteiger partial charge in [0.1, 0.15) is 5.75 Å². The molecule has 0 fully saturated rings. The van der Waals surface area contributed by atoms with Crippen molar-refractivity contribution >= 4 is 61.0 Å². The molecule has 0 aliphatic heterocycles. The van der Waals surface area contributed by atoms with E-state index in [1.54, 1.807) is 19.2 Å². The van der Waals surface area contributed by atoms with Crippen LogP contribution in [-0.4, -0.2) is 7.11 Å². The van der Waals surface area contributed by atoms with Crippen LogP contribution < -0.4 is 4.74 Å². The van der Waals surface area contributed by atoms with Gasteiger partial charge in [0.15, 0.2) is 0 Å². The van der Waals surface area contributed by atoms with E-state index in [9.17, 15) is 26.3 Å². The van der Waals surface area contributed by atoms with Crippen LogP contribution >= 0.6 is 11.6 Å². The molecule has 0 saturated carbocycles. The minimum Gasteiger partial charge on any atom is -0.497 e. The second-order valence-corrected chi connectivity index (χ2v) is 31.2. The Morgan fingerprint density at radius 2 is 0.423 bits per heavy atom. The van der Waals surface area contributed by atoms with Gasteiger partial charge in [0.25, 0.3) is 28.5 Å². The summed E-state index contributed by atoms with van der Waals surface area (Å²) in [5.41, 5.74) is 25.5. The molecule has 18 aromatic carbocycles. The largest absolute Gasteiger partial charge is 0.497 e. The molecule has 0 atom stereocenters. The van der Waals surface area contributed by atoms with Crippen LogP contribution in [0, 0.1) is 89.5 Å². The maximum absolute atomic E-state index is 9.60. The highest BCUT2D eigenvalue weighted by atomic mass is 35.5. The van der Waals surface area contributed by atoms with Gasteiger partial charge >= 0.3 is 0 Å². The molecule has 0 saturated heterocycles. The molecule has 0 heterocycles. The Morgan fingerprint density at radius 1 is 0.212 bits per heavy atom. The number of benzene rings is 18. The third kappa shape index (κ3) is 23.3. The second-order valence-electron chi connectivity index (χ2n) is 30.7. The average molecular weight is 1770 g/mol. The summed E-state index contributed by atoms with van der Waals surface area (Å²) >= 11 is 5.96. The highest BCUT2D eigenvalue weighted by Crippen LogP contribution is 2.40. The highest BCUT2D eigenvalue weighted by molar-refractivity contribution is 6.30. The molecule has 0 aliphatic carbocycles. The van der Waals surface area contributed by atoms with Gasteiger partial charge in [-0.3, -0.25) is 0 Å². The maximum atomic E-state index is 9.60. The Bertz CT molecular complexity index is 7800. The number of fused-ring (bicyclic) bond motifs is 2. The van der Waals surface area contributed by atoms with E-state index in [0.717, 1.165) is 150 Å². The molecule has 0 amide bonds.